The highest BCUT2D eigenvalue weighted by atomic mass is 16.5. The van der Waals surface area contributed by atoms with Crippen LogP contribution in [0.4, 0.5) is 0 Å². The van der Waals surface area contributed by atoms with Crippen LogP contribution < -0.4 is 4.74 Å². The summed E-state index contributed by atoms with van der Waals surface area (Å²) in [6.45, 7) is 6.21. The van der Waals surface area contributed by atoms with Crippen molar-refractivity contribution in [3.05, 3.63) is 52.8 Å². The zero-order chi connectivity index (χ0) is 17.0. The summed E-state index contributed by atoms with van der Waals surface area (Å²) in [5.74, 6) is 1.53. The van der Waals surface area contributed by atoms with E-state index in [1.165, 1.54) is 46.1 Å². The van der Waals surface area contributed by atoms with E-state index in [0.717, 1.165) is 38.4 Å². The first-order valence-corrected chi connectivity index (χ1v) is 9.53. The van der Waals surface area contributed by atoms with E-state index < -0.39 is 0 Å². The van der Waals surface area contributed by atoms with Crippen LogP contribution in [0.3, 0.4) is 0 Å². The fourth-order valence-electron chi connectivity index (χ4n) is 4.73. The molecule has 3 nitrogen and oxygen atoms in total. The van der Waals surface area contributed by atoms with Gasteiger partial charge >= 0.3 is 0 Å². The first-order valence-electron chi connectivity index (χ1n) is 9.53. The molecule has 1 aromatic carbocycles. The lowest BCUT2D eigenvalue weighted by Gasteiger charge is -2.26. The van der Waals surface area contributed by atoms with Gasteiger partial charge in [-0.1, -0.05) is 18.2 Å². The highest BCUT2D eigenvalue weighted by molar-refractivity contribution is 5.91. The predicted octanol–water partition coefficient (Wildman–Crippen LogP) is 4.22. The highest BCUT2D eigenvalue weighted by Crippen LogP contribution is 2.40. The van der Waals surface area contributed by atoms with Gasteiger partial charge in [0.25, 0.3) is 0 Å². The minimum atomic E-state index is 0.448. The van der Waals surface area contributed by atoms with E-state index in [1.807, 2.05) is 0 Å². The van der Waals surface area contributed by atoms with Crippen molar-refractivity contribution < 1.29 is 4.74 Å². The summed E-state index contributed by atoms with van der Waals surface area (Å²) < 4.78 is 8.95. The van der Waals surface area contributed by atoms with Crippen molar-refractivity contribution in [1.29, 1.82) is 0 Å². The van der Waals surface area contributed by atoms with Crippen molar-refractivity contribution in [2.75, 3.05) is 20.2 Å². The molecule has 0 saturated carbocycles. The van der Waals surface area contributed by atoms with Crippen molar-refractivity contribution in [3.63, 3.8) is 0 Å². The number of hydrogen-bond acceptors (Lipinski definition) is 2. The van der Waals surface area contributed by atoms with Crippen LogP contribution in [0.15, 0.2) is 35.9 Å². The number of fused-ring (bicyclic) bond motifs is 3. The van der Waals surface area contributed by atoms with Crippen LogP contribution in [0.1, 0.15) is 29.7 Å². The van der Waals surface area contributed by atoms with Gasteiger partial charge in [-0.05, 0) is 55.6 Å². The lowest BCUT2D eigenvalue weighted by Crippen LogP contribution is -2.28. The van der Waals surface area contributed by atoms with E-state index in [4.69, 9.17) is 4.74 Å². The Morgan fingerprint density at radius 2 is 2.12 bits per heavy atom. The molecule has 2 aromatic rings. The molecule has 0 amide bonds. The first kappa shape index (κ1) is 15.3. The summed E-state index contributed by atoms with van der Waals surface area (Å²) in [6.07, 6.45) is 10.5. The number of allylic oxidation sites excluding steroid dienone is 3. The molecule has 3 aliphatic rings. The van der Waals surface area contributed by atoms with E-state index in [0.29, 0.717) is 5.92 Å². The van der Waals surface area contributed by atoms with Crippen LogP contribution in [-0.2, 0) is 19.5 Å². The average Bonchev–Trinajstić information content (AvgIpc) is 2.79. The molecule has 1 aliphatic carbocycles. The number of aromatic nitrogens is 1. The minimum Gasteiger partial charge on any atom is -0.491 e. The Hall–Kier alpha value is -2.00. The summed E-state index contributed by atoms with van der Waals surface area (Å²) in [5, 5.41) is 1.41. The topological polar surface area (TPSA) is 17.4 Å². The SMILES string of the molecule is Cc1cc2c3c(c1)c1c(n3CC(C3=CCCC=C3)CO2)CCN(C)C1. The number of likely N-dealkylation sites (N-methyl/N-ethyl adjacent to an activating group) is 1. The lowest BCUT2D eigenvalue weighted by atomic mass is 9.94. The highest BCUT2D eigenvalue weighted by Gasteiger charge is 2.29. The Balaban J connectivity index is 1.68. The molecule has 3 heteroatoms. The van der Waals surface area contributed by atoms with Gasteiger partial charge in [-0.3, -0.25) is 0 Å². The summed E-state index contributed by atoms with van der Waals surface area (Å²) in [5.41, 5.74) is 7.14. The fraction of sp³-hybridized carbons (Fsp3) is 0.455. The van der Waals surface area contributed by atoms with Crippen LogP contribution in [0, 0.1) is 12.8 Å². The third-order valence-electron chi connectivity index (χ3n) is 5.98. The molecule has 3 heterocycles. The molecule has 0 saturated heterocycles. The molecule has 1 aromatic heterocycles. The number of aryl methyl sites for hydroxylation is 1. The molecule has 0 fully saturated rings. The Morgan fingerprint density at radius 3 is 2.96 bits per heavy atom. The molecule has 25 heavy (non-hydrogen) atoms. The van der Waals surface area contributed by atoms with Crippen LogP contribution >= 0.6 is 0 Å². The Morgan fingerprint density at radius 1 is 1.20 bits per heavy atom. The maximum atomic E-state index is 6.36. The minimum absolute atomic E-state index is 0.448. The predicted molar refractivity (Wildman–Crippen MR) is 102 cm³/mol. The van der Waals surface area contributed by atoms with Gasteiger partial charge in [-0.25, -0.2) is 0 Å². The largest absolute Gasteiger partial charge is 0.491 e. The number of rotatable bonds is 1. The third-order valence-corrected chi connectivity index (χ3v) is 5.98. The number of ether oxygens (including phenoxy) is 1. The van der Waals surface area contributed by atoms with Crippen LogP contribution in [0.2, 0.25) is 0 Å². The molecule has 1 unspecified atom stereocenters. The van der Waals surface area contributed by atoms with Gasteiger partial charge in [0.2, 0.25) is 0 Å². The number of benzene rings is 1. The quantitative estimate of drug-likeness (QED) is 0.777. The number of nitrogens with zero attached hydrogens (tertiary/aromatic N) is 2. The molecule has 1 atom stereocenters. The van der Waals surface area contributed by atoms with Crippen LogP contribution in [0.25, 0.3) is 10.9 Å². The van der Waals surface area contributed by atoms with Crippen LogP contribution in [0.5, 0.6) is 5.75 Å². The Labute approximate surface area is 149 Å². The van der Waals surface area contributed by atoms with Crippen molar-refractivity contribution >= 4 is 10.9 Å². The summed E-state index contributed by atoms with van der Waals surface area (Å²) in [7, 11) is 2.23. The van der Waals surface area contributed by atoms with Gasteiger partial charge in [0.05, 0.1) is 12.1 Å². The van der Waals surface area contributed by atoms with E-state index >= 15 is 0 Å². The van der Waals surface area contributed by atoms with E-state index in [2.05, 4.69) is 53.8 Å². The van der Waals surface area contributed by atoms with Gasteiger partial charge in [-0.15, -0.1) is 0 Å². The zero-order valence-electron chi connectivity index (χ0n) is 15.2. The van der Waals surface area contributed by atoms with Crippen molar-refractivity contribution in [1.82, 2.24) is 9.47 Å². The van der Waals surface area contributed by atoms with Gasteiger partial charge in [0, 0.05) is 43.1 Å². The van der Waals surface area contributed by atoms with Gasteiger partial charge in [0.15, 0.2) is 0 Å². The van der Waals surface area contributed by atoms with Crippen molar-refractivity contribution in [2.24, 2.45) is 5.92 Å². The number of hydrogen-bond donors (Lipinski definition) is 0. The second kappa shape index (κ2) is 5.77. The van der Waals surface area contributed by atoms with Gasteiger partial charge in [0.1, 0.15) is 5.75 Å². The smallest absolute Gasteiger partial charge is 0.143 e. The lowest BCUT2D eigenvalue weighted by molar-refractivity contribution is 0.267. The summed E-state index contributed by atoms with van der Waals surface area (Å²) in [4.78, 5) is 2.44. The standard InChI is InChI=1S/C22H26N2O/c1-15-10-18-19-13-23(2)9-8-20(19)24-12-17(16-6-4-3-5-7-16)14-25-21(11-15)22(18)24/h4,6-7,10-11,17H,3,5,8-9,12-14H2,1-2H3. The maximum absolute atomic E-state index is 6.36. The van der Waals surface area contributed by atoms with Crippen molar-refractivity contribution in [2.45, 2.75) is 39.3 Å². The molecule has 2 aliphatic heterocycles. The second-order valence-corrected chi connectivity index (χ2v) is 7.87. The molecule has 0 N–H and O–H groups in total. The first-order chi connectivity index (χ1) is 12.2. The molecule has 0 radical (unpaired) electrons. The fourth-order valence-corrected chi connectivity index (χ4v) is 4.73. The van der Waals surface area contributed by atoms with Gasteiger partial charge in [-0.2, -0.15) is 0 Å². The van der Waals surface area contributed by atoms with E-state index in [9.17, 15) is 0 Å². The Kier molecular flexibility index (Phi) is 3.53. The zero-order valence-corrected chi connectivity index (χ0v) is 15.2. The normalized spacial score (nSPS) is 23.1. The monoisotopic (exact) mass is 334 g/mol. The molecular formula is C22H26N2O. The average molecular weight is 334 g/mol. The molecule has 5 rings (SSSR count). The van der Waals surface area contributed by atoms with E-state index in [-0.39, 0.29) is 0 Å². The second-order valence-electron chi connectivity index (χ2n) is 7.87. The molecule has 0 spiro atoms. The molecule has 130 valence electrons. The third kappa shape index (κ3) is 2.44. The molecular weight excluding hydrogens is 308 g/mol. The summed E-state index contributed by atoms with van der Waals surface area (Å²) >= 11 is 0. The Bertz CT molecular complexity index is 903. The summed E-state index contributed by atoms with van der Waals surface area (Å²) in [6, 6.07) is 4.58. The van der Waals surface area contributed by atoms with E-state index in [1.54, 1.807) is 0 Å². The van der Waals surface area contributed by atoms with Gasteiger partial charge < -0.3 is 14.2 Å². The van der Waals surface area contributed by atoms with Crippen LogP contribution in [-0.4, -0.2) is 29.7 Å². The van der Waals surface area contributed by atoms with Crippen molar-refractivity contribution in [3.8, 4) is 5.75 Å². The maximum Gasteiger partial charge on any atom is 0.143 e. The molecule has 0 bridgehead atoms.